The molecule has 5 heterocycles. The van der Waals surface area contributed by atoms with E-state index in [4.69, 9.17) is 4.98 Å². The summed E-state index contributed by atoms with van der Waals surface area (Å²) < 4.78 is 27.9. The second kappa shape index (κ2) is 7.79. The third kappa shape index (κ3) is 3.61. The Hall–Kier alpha value is -3.40. The van der Waals surface area contributed by atoms with Crippen LogP contribution in [0.25, 0.3) is 28.3 Å². The van der Waals surface area contributed by atoms with Crippen LogP contribution in [0.1, 0.15) is 19.4 Å². The topological polar surface area (TPSA) is 85.0 Å². The Balaban J connectivity index is 1.47. The molecule has 1 unspecified atom stereocenters. The van der Waals surface area contributed by atoms with Gasteiger partial charge in [0.1, 0.15) is 11.5 Å². The first kappa shape index (κ1) is 18.6. The van der Waals surface area contributed by atoms with Crippen LogP contribution >= 0.6 is 0 Å². The van der Waals surface area contributed by atoms with Gasteiger partial charge >= 0.3 is 6.55 Å². The molecule has 0 radical (unpaired) electrons. The number of rotatable bonds is 5. The minimum absolute atomic E-state index is 0.347. The summed E-state index contributed by atoms with van der Waals surface area (Å²) in [6.07, 6.45) is 6.60. The highest BCUT2D eigenvalue weighted by Gasteiger charge is 2.15. The molecule has 1 aliphatic heterocycles. The molecule has 0 amide bonds. The van der Waals surface area contributed by atoms with Crippen LogP contribution in [0.5, 0.6) is 0 Å². The first-order valence-corrected chi connectivity index (χ1v) is 9.79. The summed E-state index contributed by atoms with van der Waals surface area (Å²) in [6.45, 7) is -0.721. The van der Waals surface area contributed by atoms with Crippen molar-refractivity contribution in [2.45, 2.75) is 25.4 Å². The zero-order valence-corrected chi connectivity index (χ0v) is 16.0. The van der Waals surface area contributed by atoms with Crippen LogP contribution in [0.3, 0.4) is 0 Å². The van der Waals surface area contributed by atoms with Crippen molar-refractivity contribution in [3.63, 3.8) is 0 Å². The molecule has 4 aromatic rings. The van der Waals surface area contributed by atoms with Crippen molar-refractivity contribution in [3.05, 3.63) is 48.9 Å². The molecule has 0 aliphatic carbocycles. The molecule has 154 valence electrons. The fraction of sp³-hybridized carbons (Fsp3) is 0.300. The SMILES string of the molecule is FC(F)n1cc(-c2ccc3ncc(-c4cccc(NC5CCCNC5)n4)n3n2)cn1. The molecule has 2 N–H and O–H groups in total. The number of hydrogen-bond donors (Lipinski definition) is 2. The van der Waals surface area contributed by atoms with Crippen LogP contribution in [0.2, 0.25) is 0 Å². The van der Waals surface area contributed by atoms with Crippen molar-refractivity contribution in [2.24, 2.45) is 0 Å². The molecule has 1 aliphatic rings. The molecule has 0 spiro atoms. The highest BCUT2D eigenvalue weighted by molar-refractivity contribution is 5.64. The number of nitrogens with zero attached hydrogens (tertiary/aromatic N) is 6. The maximum Gasteiger partial charge on any atom is 0.333 e. The van der Waals surface area contributed by atoms with E-state index in [1.54, 1.807) is 22.8 Å². The molecule has 4 aromatic heterocycles. The maximum absolute atomic E-state index is 12.8. The number of pyridine rings is 1. The highest BCUT2D eigenvalue weighted by atomic mass is 19.3. The van der Waals surface area contributed by atoms with Gasteiger partial charge in [-0.3, -0.25) is 0 Å². The predicted octanol–water partition coefficient (Wildman–Crippen LogP) is 3.21. The quantitative estimate of drug-likeness (QED) is 0.526. The van der Waals surface area contributed by atoms with E-state index in [0.717, 1.165) is 43.1 Å². The average Bonchev–Trinajstić information content (AvgIpc) is 3.42. The minimum atomic E-state index is -2.69. The van der Waals surface area contributed by atoms with Crippen molar-refractivity contribution in [1.82, 2.24) is 34.7 Å². The number of imidazole rings is 1. The second-order valence-electron chi connectivity index (χ2n) is 7.21. The summed E-state index contributed by atoms with van der Waals surface area (Å²) in [6, 6.07) is 9.66. The molecule has 0 saturated carbocycles. The molecule has 1 saturated heterocycles. The molecular formula is C20H20F2N8. The van der Waals surface area contributed by atoms with Crippen LogP contribution in [-0.2, 0) is 0 Å². The van der Waals surface area contributed by atoms with Gasteiger partial charge in [0.05, 0.1) is 23.8 Å². The third-order valence-electron chi connectivity index (χ3n) is 5.12. The summed E-state index contributed by atoms with van der Waals surface area (Å²) in [5.41, 5.74) is 3.12. The van der Waals surface area contributed by atoms with Crippen LogP contribution in [0.15, 0.2) is 48.9 Å². The minimum Gasteiger partial charge on any atom is -0.366 e. The zero-order valence-electron chi connectivity index (χ0n) is 16.0. The van der Waals surface area contributed by atoms with Crippen LogP contribution < -0.4 is 10.6 Å². The number of fused-ring (bicyclic) bond motifs is 1. The molecule has 0 aromatic carbocycles. The standard InChI is InChI=1S/C20H20F2N8/c21-20(22)29-12-13(9-25-29)15-6-7-19-24-11-17(30(19)28-15)16-4-1-5-18(27-16)26-14-3-2-8-23-10-14/h1,4-7,9,11-12,14,20,23H,2-3,8,10H2,(H,26,27). The number of piperidine rings is 1. The Morgan fingerprint density at radius 1 is 1.13 bits per heavy atom. The first-order chi connectivity index (χ1) is 14.7. The fourth-order valence-electron chi connectivity index (χ4n) is 3.62. The average molecular weight is 410 g/mol. The Morgan fingerprint density at radius 3 is 2.87 bits per heavy atom. The summed E-state index contributed by atoms with van der Waals surface area (Å²) >= 11 is 0. The third-order valence-corrected chi connectivity index (χ3v) is 5.12. The van der Waals surface area contributed by atoms with Gasteiger partial charge in [-0.1, -0.05) is 6.07 Å². The lowest BCUT2D eigenvalue weighted by Gasteiger charge is -2.24. The smallest absolute Gasteiger partial charge is 0.333 e. The summed E-state index contributed by atoms with van der Waals surface area (Å²) in [4.78, 5) is 9.13. The Bertz CT molecular complexity index is 1160. The number of halogens is 2. The molecule has 8 nitrogen and oxygen atoms in total. The van der Waals surface area contributed by atoms with Gasteiger partial charge < -0.3 is 10.6 Å². The van der Waals surface area contributed by atoms with E-state index in [2.05, 4.69) is 25.8 Å². The predicted molar refractivity (Wildman–Crippen MR) is 108 cm³/mol. The number of hydrogen-bond acceptors (Lipinski definition) is 6. The number of aromatic nitrogens is 6. The normalized spacial score (nSPS) is 17.0. The van der Waals surface area contributed by atoms with E-state index in [-0.39, 0.29) is 0 Å². The Morgan fingerprint density at radius 2 is 2.07 bits per heavy atom. The molecule has 1 fully saturated rings. The van der Waals surface area contributed by atoms with Crippen molar-refractivity contribution >= 4 is 11.5 Å². The van der Waals surface area contributed by atoms with Crippen LogP contribution in [-0.4, -0.2) is 48.5 Å². The maximum atomic E-state index is 12.8. The first-order valence-electron chi connectivity index (χ1n) is 9.79. The number of anilines is 1. The van der Waals surface area contributed by atoms with Gasteiger partial charge in [-0.25, -0.2) is 19.2 Å². The summed E-state index contributed by atoms with van der Waals surface area (Å²) in [5.74, 6) is 0.797. The Kier molecular flexibility index (Phi) is 4.83. The van der Waals surface area contributed by atoms with E-state index in [9.17, 15) is 8.78 Å². The van der Waals surface area contributed by atoms with E-state index in [1.165, 1.54) is 12.4 Å². The van der Waals surface area contributed by atoms with Gasteiger partial charge in [-0.15, -0.1) is 0 Å². The van der Waals surface area contributed by atoms with Gasteiger partial charge in [0.15, 0.2) is 5.65 Å². The van der Waals surface area contributed by atoms with Crippen molar-refractivity contribution < 1.29 is 8.78 Å². The summed E-state index contributed by atoms with van der Waals surface area (Å²) in [7, 11) is 0. The van der Waals surface area contributed by atoms with Gasteiger partial charge in [0.2, 0.25) is 0 Å². The lowest BCUT2D eigenvalue weighted by molar-refractivity contribution is 0.0566. The van der Waals surface area contributed by atoms with E-state index >= 15 is 0 Å². The molecule has 30 heavy (non-hydrogen) atoms. The molecule has 10 heteroatoms. The summed E-state index contributed by atoms with van der Waals surface area (Å²) in [5, 5.41) is 15.1. The van der Waals surface area contributed by atoms with E-state index in [1.807, 2.05) is 18.2 Å². The zero-order chi connectivity index (χ0) is 20.5. The lowest BCUT2D eigenvalue weighted by Crippen LogP contribution is -2.38. The van der Waals surface area contributed by atoms with Crippen LogP contribution in [0.4, 0.5) is 14.6 Å². The molecule has 5 rings (SSSR count). The number of alkyl halides is 2. The molecule has 0 bridgehead atoms. The fourth-order valence-corrected chi connectivity index (χ4v) is 3.62. The van der Waals surface area contributed by atoms with Crippen LogP contribution in [0, 0.1) is 0 Å². The van der Waals surface area contributed by atoms with Crippen molar-refractivity contribution in [1.29, 1.82) is 0 Å². The lowest BCUT2D eigenvalue weighted by atomic mass is 10.1. The second-order valence-corrected chi connectivity index (χ2v) is 7.21. The largest absolute Gasteiger partial charge is 0.366 e. The number of nitrogens with one attached hydrogen (secondary N) is 2. The van der Waals surface area contributed by atoms with Crippen molar-refractivity contribution in [3.8, 4) is 22.6 Å². The van der Waals surface area contributed by atoms with Gasteiger partial charge in [0.25, 0.3) is 0 Å². The van der Waals surface area contributed by atoms with E-state index < -0.39 is 6.55 Å². The van der Waals surface area contributed by atoms with Gasteiger partial charge in [0, 0.05) is 24.3 Å². The monoisotopic (exact) mass is 410 g/mol. The van der Waals surface area contributed by atoms with Gasteiger partial charge in [-0.2, -0.15) is 19.0 Å². The van der Waals surface area contributed by atoms with Gasteiger partial charge in [-0.05, 0) is 43.7 Å². The highest BCUT2D eigenvalue weighted by Crippen LogP contribution is 2.24. The van der Waals surface area contributed by atoms with E-state index in [0.29, 0.717) is 27.6 Å². The molecular weight excluding hydrogens is 390 g/mol. The Labute approximate surface area is 171 Å². The molecule has 1 atom stereocenters. The van der Waals surface area contributed by atoms with Crippen molar-refractivity contribution in [2.75, 3.05) is 18.4 Å².